The first-order valence-electron chi connectivity index (χ1n) is 9.40. The number of fused-ring (bicyclic) bond motifs is 1. The van der Waals surface area contributed by atoms with E-state index in [0.717, 1.165) is 16.8 Å². The molecule has 0 aliphatic rings. The minimum Gasteiger partial charge on any atom is -0.494 e. The van der Waals surface area contributed by atoms with E-state index in [9.17, 15) is 18.0 Å². The Kier molecular flexibility index (Phi) is 5.69. The second kappa shape index (κ2) is 8.43. The molecular weight excluding hydrogens is 429 g/mol. The molecule has 0 bridgehead atoms. The zero-order chi connectivity index (χ0) is 22.0. The smallest absolute Gasteiger partial charge is 0.416 e. The molecular formula is C22H17F3N2O3S. The molecule has 31 heavy (non-hydrogen) atoms. The summed E-state index contributed by atoms with van der Waals surface area (Å²) in [5.41, 5.74) is -0.317. The molecule has 1 amide bonds. The minimum absolute atomic E-state index is 0.0280. The predicted molar refractivity (Wildman–Crippen MR) is 111 cm³/mol. The molecule has 0 saturated carbocycles. The maximum Gasteiger partial charge on any atom is 0.416 e. The Morgan fingerprint density at radius 3 is 2.71 bits per heavy atom. The van der Waals surface area contributed by atoms with Crippen molar-refractivity contribution >= 4 is 32.6 Å². The second-order valence-corrected chi connectivity index (χ2v) is 7.62. The van der Waals surface area contributed by atoms with Crippen LogP contribution in [0.1, 0.15) is 28.6 Å². The summed E-state index contributed by atoms with van der Waals surface area (Å²) in [5.74, 6) is 0.549. The van der Waals surface area contributed by atoms with Crippen molar-refractivity contribution in [3.63, 3.8) is 0 Å². The van der Waals surface area contributed by atoms with Gasteiger partial charge in [-0.25, -0.2) is 4.98 Å². The number of amides is 1. The summed E-state index contributed by atoms with van der Waals surface area (Å²) < 4.78 is 51.1. The standard InChI is InChI=1S/C22H17F3N2O3S/c1-2-29-16-8-9-18-19(12-16)31-21(26-18)27(13-17-7-4-10-30-17)20(28)14-5-3-6-15(11-14)22(23,24)25/h3-12H,2,13H2,1H3. The molecule has 160 valence electrons. The van der Waals surface area contributed by atoms with Crippen LogP contribution in [-0.2, 0) is 12.7 Å². The monoisotopic (exact) mass is 446 g/mol. The van der Waals surface area contributed by atoms with Gasteiger partial charge < -0.3 is 9.15 Å². The minimum atomic E-state index is -4.55. The summed E-state index contributed by atoms with van der Waals surface area (Å²) in [6, 6.07) is 13.1. The topological polar surface area (TPSA) is 55.6 Å². The molecule has 9 heteroatoms. The Balaban J connectivity index is 1.74. The van der Waals surface area contributed by atoms with E-state index in [1.54, 1.807) is 24.3 Å². The summed E-state index contributed by atoms with van der Waals surface area (Å²) >= 11 is 1.25. The fourth-order valence-corrected chi connectivity index (χ4v) is 4.03. The Bertz CT molecular complexity index is 1200. The van der Waals surface area contributed by atoms with Gasteiger partial charge in [-0.3, -0.25) is 9.69 Å². The Hall–Kier alpha value is -3.33. The van der Waals surface area contributed by atoms with Crippen molar-refractivity contribution in [3.8, 4) is 5.75 Å². The molecule has 0 fully saturated rings. The van der Waals surface area contributed by atoms with Crippen molar-refractivity contribution in [2.75, 3.05) is 11.5 Å². The number of ether oxygens (including phenoxy) is 1. The lowest BCUT2D eigenvalue weighted by Crippen LogP contribution is -2.30. The average molecular weight is 446 g/mol. The van der Waals surface area contributed by atoms with Crippen molar-refractivity contribution in [2.24, 2.45) is 0 Å². The van der Waals surface area contributed by atoms with Crippen LogP contribution < -0.4 is 9.64 Å². The lowest BCUT2D eigenvalue weighted by molar-refractivity contribution is -0.137. The van der Waals surface area contributed by atoms with Crippen molar-refractivity contribution < 1.29 is 27.1 Å². The lowest BCUT2D eigenvalue weighted by atomic mass is 10.1. The highest BCUT2D eigenvalue weighted by molar-refractivity contribution is 7.22. The van der Waals surface area contributed by atoms with Gasteiger partial charge in [-0.2, -0.15) is 13.2 Å². The van der Waals surface area contributed by atoms with Crippen LogP contribution in [0, 0.1) is 0 Å². The van der Waals surface area contributed by atoms with Crippen LogP contribution in [0.25, 0.3) is 10.2 Å². The van der Waals surface area contributed by atoms with E-state index in [1.807, 2.05) is 13.0 Å². The van der Waals surface area contributed by atoms with Gasteiger partial charge in [-0.05, 0) is 55.5 Å². The maximum atomic E-state index is 13.3. The molecule has 5 nitrogen and oxygen atoms in total. The summed E-state index contributed by atoms with van der Waals surface area (Å²) in [6.45, 7) is 2.41. The van der Waals surface area contributed by atoms with Crippen molar-refractivity contribution in [1.29, 1.82) is 0 Å². The number of carbonyl (C=O) groups is 1. The van der Waals surface area contributed by atoms with Crippen LogP contribution in [0.5, 0.6) is 5.75 Å². The normalized spacial score (nSPS) is 11.6. The SMILES string of the molecule is CCOc1ccc2nc(N(Cc3ccco3)C(=O)c3cccc(C(F)(F)F)c3)sc2c1. The van der Waals surface area contributed by atoms with Gasteiger partial charge >= 0.3 is 6.18 Å². The molecule has 2 aromatic carbocycles. The van der Waals surface area contributed by atoms with E-state index in [2.05, 4.69) is 4.98 Å². The second-order valence-electron chi connectivity index (χ2n) is 6.61. The first-order chi connectivity index (χ1) is 14.8. The predicted octanol–water partition coefficient (Wildman–Crippen LogP) is 6.15. The average Bonchev–Trinajstić information content (AvgIpc) is 3.40. The van der Waals surface area contributed by atoms with Gasteiger partial charge in [-0.15, -0.1) is 0 Å². The number of anilines is 1. The fraction of sp³-hybridized carbons (Fsp3) is 0.182. The maximum absolute atomic E-state index is 13.3. The summed E-state index contributed by atoms with van der Waals surface area (Å²) in [5, 5.41) is 0.350. The summed E-state index contributed by atoms with van der Waals surface area (Å²) in [7, 11) is 0. The van der Waals surface area contributed by atoms with Gasteiger partial charge in [0.1, 0.15) is 11.5 Å². The molecule has 0 unspecified atom stereocenters. The number of rotatable bonds is 6. The van der Waals surface area contributed by atoms with Crippen molar-refractivity contribution in [1.82, 2.24) is 4.98 Å². The zero-order valence-electron chi connectivity index (χ0n) is 16.3. The van der Waals surface area contributed by atoms with Crippen LogP contribution in [0.4, 0.5) is 18.3 Å². The van der Waals surface area contributed by atoms with Gasteiger partial charge in [0.15, 0.2) is 5.13 Å². The van der Waals surface area contributed by atoms with E-state index < -0.39 is 17.6 Å². The molecule has 2 aromatic heterocycles. The third-order valence-electron chi connectivity index (χ3n) is 4.47. The number of alkyl halides is 3. The number of hydrogen-bond acceptors (Lipinski definition) is 5. The number of furan rings is 1. The number of carbonyl (C=O) groups excluding carboxylic acids is 1. The molecule has 0 saturated heterocycles. The van der Waals surface area contributed by atoms with Crippen LogP contribution >= 0.6 is 11.3 Å². The van der Waals surface area contributed by atoms with Crippen molar-refractivity contribution in [3.05, 3.63) is 77.7 Å². The van der Waals surface area contributed by atoms with E-state index in [4.69, 9.17) is 9.15 Å². The Morgan fingerprint density at radius 1 is 1.16 bits per heavy atom. The summed E-state index contributed by atoms with van der Waals surface area (Å²) in [4.78, 5) is 19.1. The molecule has 0 aliphatic carbocycles. The first-order valence-corrected chi connectivity index (χ1v) is 10.2. The van der Waals surface area contributed by atoms with Crippen LogP contribution in [0.2, 0.25) is 0 Å². The van der Waals surface area contributed by atoms with Gasteiger partial charge in [0, 0.05) is 5.56 Å². The largest absolute Gasteiger partial charge is 0.494 e. The third-order valence-corrected chi connectivity index (χ3v) is 5.51. The number of benzene rings is 2. The summed E-state index contributed by atoms with van der Waals surface area (Å²) in [6.07, 6.45) is -3.08. The highest BCUT2D eigenvalue weighted by Crippen LogP contribution is 2.34. The highest BCUT2D eigenvalue weighted by atomic mass is 32.1. The molecule has 0 N–H and O–H groups in total. The van der Waals surface area contributed by atoms with Gasteiger partial charge in [-0.1, -0.05) is 17.4 Å². The zero-order valence-corrected chi connectivity index (χ0v) is 17.2. The third kappa shape index (κ3) is 4.56. The Labute approximate surface area is 179 Å². The number of hydrogen-bond donors (Lipinski definition) is 0. The van der Waals surface area contributed by atoms with Gasteiger partial charge in [0.25, 0.3) is 5.91 Å². The number of nitrogens with zero attached hydrogens (tertiary/aromatic N) is 2. The molecule has 0 aliphatic heterocycles. The van der Waals surface area contributed by atoms with E-state index in [0.29, 0.717) is 28.8 Å². The van der Waals surface area contributed by atoms with Crippen LogP contribution in [0.15, 0.2) is 65.3 Å². The van der Waals surface area contributed by atoms with Crippen LogP contribution in [-0.4, -0.2) is 17.5 Å². The van der Waals surface area contributed by atoms with Crippen LogP contribution in [0.3, 0.4) is 0 Å². The van der Waals surface area contributed by atoms with Crippen molar-refractivity contribution in [2.45, 2.75) is 19.6 Å². The van der Waals surface area contributed by atoms with E-state index >= 15 is 0 Å². The molecule has 4 rings (SSSR count). The first kappa shape index (κ1) is 20.9. The number of halogens is 3. The molecule has 4 aromatic rings. The number of thiazole rings is 1. The quantitative estimate of drug-likeness (QED) is 0.356. The molecule has 0 atom stereocenters. The fourth-order valence-electron chi connectivity index (χ4n) is 3.03. The van der Waals surface area contributed by atoms with E-state index in [1.165, 1.54) is 34.6 Å². The molecule has 0 spiro atoms. The Morgan fingerprint density at radius 2 is 2.00 bits per heavy atom. The van der Waals surface area contributed by atoms with Gasteiger partial charge in [0.05, 0.1) is 35.2 Å². The molecule has 2 heterocycles. The van der Waals surface area contributed by atoms with Gasteiger partial charge in [0.2, 0.25) is 0 Å². The number of aromatic nitrogens is 1. The lowest BCUT2D eigenvalue weighted by Gasteiger charge is -2.19. The van der Waals surface area contributed by atoms with E-state index in [-0.39, 0.29) is 12.1 Å². The highest BCUT2D eigenvalue weighted by Gasteiger charge is 2.32. The molecule has 0 radical (unpaired) electrons.